The van der Waals surface area contributed by atoms with Crippen LogP contribution in [0.15, 0.2) is 35.1 Å². The molecule has 0 radical (unpaired) electrons. The number of hydrogen-bond acceptors (Lipinski definition) is 4. The van der Waals surface area contributed by atoms with Gasteiger partial charge in [-0.1, -0.05) is 30.3 Å². The van der Waals surface area contributed by atoms with Gasteiger partial charge in [-0.3, -0.25) is 9.78 Å². The average molecular weight is 255 g/mol. The zero-order valence-electron chi connectivity index (χ0n) is 10.2. The number of benzene rings is 1. The van der Waals surface area contributed by atoms with Crippen LogP contribution in [-0.4, -0.2) is 19.9 Å². The molecule has 96 valence electrons. The van der Waals surface area contributed by atoms with E-state index in [-0.39, 0.29) is 11.5 Å². The molecule has 0 fully saturated rings. The molecule has 3 rings (SSSR count). The van der Waals surface area contributed by atoms with Gasteiger partial charge in [-0.05, 0) is 12.0 Å². The zero-order valence-corrected chi connectivity index (χ0v) is 10.2. The Morgan fingerprint density at radius 3 is 2.63 bits per heavy atom. The molecule has 2 aromatic heterocycles. The van der Waals surface area contributed by atoms with Crippen LogP contribution in [0.2, 0.25) is 0 Å². The average Bonchev–Trinajstić information content (AvgIpc) is 2.81. The van der Waals surface area contributed by atoms with Crippen molar-refractivity contribution in [3.05, 3.63) is 52.1 Å². The summed E-state index contributed by atoms with van der Waals surface area (Å²) in [6.07, 6.45) is 1.58. The van der Waals surface area contributed by atoms with Crippen LogP contribution >= 0.6 is 0 Å². The highest BCUT2D eigenvalue weighted by molar-refractivity contribution is 5.70. The Morgan fingerprint density at radius 2 is 1.84 bits per heavy atom. The highest BCUT2D eigenvalue weighted by Crippen LogP contribution is 2.08. The van der Waals surface area contributed by atoms with Gasteiger partial charge in [-0.15, -0.1) is 0 Å². The molecular weight excluding hydrogens is 242 g/mol. The lowest BCUT2D eigenvalue weighted by atomic mass is 10.1. The third-order valence-electron chi connectivity index (χ3n) is 2.92. The van der Waals surface area contributed by atoms with Gasteiger partial charge >= 0.3 is 0 Å². The van der Waals surface area contributed by atoms with Crippen molar-refractivity contribution >= 4 is 17.1 Å². The highest BCUT2D eigenvalue weighted by atomic mass is 16.1. The Bertz CT molecular complexity index is 760. The number of aromatic amines is 2. The van der Waals surface area contributed by atoms with Crippen LogP contribution in [0, 0.1) is 0 Å². The second-order valence-corrected chi connectivity index (χ2v) is 4.32. The summed E-state index contributed by atoms with van der Waals surface area (Å²) in [5.74, 6) is 0.820. The van der Waals surface area contributed by atoms with Crippen LogP contribution < -0.4 is 11.3 Å². The van der Waals surface area contributed by atoms with Crippen molar-refractivity contribution in [3.8, 4) is 0 Å². The standard InChI is InChI=1S/C13H13N5O/c14-13-17-11-10(12(19)18-13)15-9(16-11)7-6-8-4-2-1-3-5-8/h1-5H,6-7H2,(H4,14,15,16,17,18,19). The minimum atomic E-state index is -0.291. The van der Waals surface area contributed by atoms with Crippen molar-refractivity contribution < 1.29 is 0 Å². The monoisotopic (exact) mass is 255 g/mol. The number of H-pyrrole nitrogens is 2. The Balaban J connectivity index is 1.86. The fourth-order valence-corrected chi connectivity index (χ4v) is 2.00. The molecule has 4 N–H and O–H groups in total. The minimum Gasteiger partial charge on any atom is -0.369 e. The van der Waals surface area contributed by atoms with E-state index in [0.717, 1.165) is 18.7 Å². The summed E-state index contributed by atoms with van der Waals surface area (Å²) < 4.78 is 0. The topological polar surface area (TPSA) is 100 Å². The Labute approximate surface area is 108 Å². The van der Waals surface area contributed by atoms with Gasteiger partial charge < -0.3 is 10.7 Å². The fourth-order valence-electron chi connectivity index (χ4n) is 2.00. The van der Waals surface area contributed by atoms with Crippen LogP contribution in [0.3, 0.4) is 0 Å². The number of fused-ring (bicyclic) bond motifs is 1. The molecular formula is C13H13N5O. The number of nitrogens with one attached hydrogen (secondary N) is 2. The summed E-state index contributed by atoms with van der Waals surface area (Å²) in [5, 5.41) is 0. The molecule has 0 saturated carbocycles. The normalized spacial score (nSPS) is 10.9. The van der Waals surface area contributed by atoms with Crippen molar-refractivity contribution in [2.24, 2.45) is 0 Å². The Morgan fingerprint density at radius 1 is 1.05 bits per heavy atom. The van der Waals surface area contributed by atoms with E-state index in [1.165, 1.54) is 5.56 Å². The number of nitrogens with two attached hydrogens (primary N) is 1. The van der Waals surface area contributed by atoms with Gasteiger partial charge in [-0.25, -0.2) is 4.98 Å². The predicted octanol–water partition coefficient (Wildman–Crippen LogP) is 1.01. The van der Waals surface area contributed by atoms with Crippen molar-refractivity contribution in [3.63, 3.8) is 0 Å². The summed E-state index contributed by atoms with van der Waals surface area (Å²) in [6, 6.07) is 10.1. The van der Waals surface area contributed by atoms with E-state index in [4.69, 9.17) is 5.73 Å². The first-order valence-electron chi connectivity index (χ1n) is 6.01. The van der Waals surface area contributed by atoms with Crippen molar-refractivity contribution in [1.29, 1.82) is 0 Å². The van der Waals surface area contributed by atoms with E-state index < -0.39 is 0 Å². The van der Waals surface area contributed by atoms with Gasteiger partial charge in [0.25, 0.3) is 5.56 Å². The Hall–Kier alpha value is -2.63. The number of aryl methyl sites for hydroxylation is 2. The van der Waals surface area contributed by atoms with E-state index >= 15 is 0 Å². The highest BCUT2D eigenvalue weighted by Gasteiger charge is 2.08. The smallest absolute Gasteiger partial charge is 0.278 e. The van der Waals surface area contributed by atoms with Gasteiger partial charge in [0, 0.05) is 6.42 Å². The van der Waals surface area contributed by atoms with Gasteiger partial charge in [0.2, 0.25) is 5.95 Å². The molecule has 0 aliphatic carbocycles. The predicted molar refractivity (Wildman–Crippen MR) is 72.8 cm³/mol. The molecule has 0 aliphatic rings. The van der Waals surface area contributed by atoms with Crippen LogP contribution in [-0.2, 0) is 12.8 Å². The molecule has 0 aliphatic heterocycles. The SMILES string of the molecule is Nc1nc2nc(CCc3ccccc3)[nH]c2c(=O)[nH]1. The third-order valence-corrected chi connectivity index (χ3v) is 2.92. The fraction of sp³-hybridized carbons (Fsp3) is 0.154. The number of nitrogen functional groups attached to an aromatic ring is 1. The summed E-state index contributed by atoms with van der Waals surface area (Å²) in [4.78, 5) is 25.3. The van der Waals surface area contributed by atoms with E-state index in [9.17, 15) is 4.79 Å². The molecule has 19 heavy (non-hydrogen) atoms. The molecule has 1 aromatic carbocycles. The largest absolute Gasteiger partial charge is 0.369 e. The van der Waals surface area contributed by atoms with E-state index in [2.05, 4.69) is 32.1 Å². The van der Waals surface area contributed by atoms with E-state index in [0.29, 0.717) is 11.2 Å². The summed E-state index contributed by atoms with van der Waals surface area (Å²) in [5.41, 5.74) is 7.15. The number of imidazole rings is 1. The lowest BCUT2D eigenvalue weighted by Crippen LogP contribution is -2.10. The van der Waals surface area contributed by atoms with Gasteiger partial charge in [-0.2, -0.15) is 4.98 Å². The van der Waals surface area contributed by atoms with Crippen LogP contribution in [0.4, 0.5) is 5.95 Å². The quantitative estimate of drug-likeness (QED) is 0.650. The lowest BCUT2D eigenvalue weighted by Gasteiger charge is -1.97. The van der Waals surface area contributed by atoms with Crippen molar-refractivity contribution in [2.75, 3.05) is 5.73 Å². The first-order valence-corrected chi connectivity index (χ1v) is 6.01. The maximum absolute atomic E-state index is 11.6. The molecule has 6 heteroatoms. The molecule has 2 heterocycles. The number of hydrogen-bond donors (Lipinski definition) is 3. The van der Waals surface area contributed by atoms with Crippen LogP contribution in [0.5, 0.6) is 0 Å². The molecule has 0 unspecified atom stereocenters. The second-order valence-electron chi connectivity index (χ2n) is 4.32. The maximum atomic E-state index is 11.6. The number of nitrogens with zero attached hydrogens (tertiary/aromatic N) is 2. The molecule has 0 saturated heterocycles. The van der Waals surface area contributed by atoms with Crippen LogP contribution in [0.1, 0.15) is 11.4 Å². The number of anilines is 1. The molecule has 3 aromatic rings. The van der Waals surface area contributed by atoms with Crippen LogP contribution in [0.25, 0.3) is 11.2 Å². The van der Waals surface area contributed by atoms with Gasteiger partial charge in [0.1, 0.15) is 5.82 Å². The molecule has 0 amide bonds. The van der Waals surface area contributed by atoms with E-state index in [1.807, 2.05) is 18.2 Å². The second kappa shape index (κ2) is 4.56. The Kier molecular flexibility index (Phi) is 2.75. The lowest BCUT2D eigenvalue weighted by molar-refractivity contribution is 0.889. The molecule has 0 spiro atoms. The zero-order chi connectivity index (χ0) is 13.2. The number of aromatic nitrogens is 4. The van der Waals surface area contributed by atoms with Crippen molar-refractivity contribution in [1.82, 2.24) is 19.9 Å². The first-order chi connectivity index (χ1) is 9.22. The molecule has 0 bridgehead atoms. The summed E-state index contributed by atoms with van der Waals surface area (Å²) >= 11 is 0. The first kappa shape index (κ1) is 11.5. The maximum Gasteiger partial charge on any atom is 0.278 e. The van der Waals surface area contributed by atoms with E-state index in [1.54, 1.807) is 0 Å². The molecule has 6 nitrogen and oxygen atoms in total. The summed E-state index contributed by atoms with van der Waals surface area (Å²) in [6.45, 7) is 0. The molecule has 0 atom stereocenters. The minimum absolute atomic E-state index is 0.0820. The van der Waals surface area contributed by atoms with Gasteiger partial charge in [0.15, 0.2) is 11.2 Å². The summed E-state index contributed by atoms with van der Waals surface area (Å²) in [7, 11) is 0. The van der Waals surface area contributed by atoms with Gasteiger partial charge in [0.05, 0.1) is 0 Å². The third kappa shape index (κ3) is 2.33. The van der Waals surface area contributed by atoms with Crippen molar-refractivity contribution in [2.45, 2.75) is 12.8 Å². The number of rotatable bonds is 3.